The van der Waals surface area contributed by atoms with Gasteiger partial charge in [-0.1, -0.05) is 325 Å². The van der Waals surface area contributed by atoms with E-state index in [-0.39, 0.29) is 25.7 Å². The van der Waals surface area contributed by atoms with E-state index < -0.39 is 97.5 Å². The maximum atomic E-state index is 13.1. The molecule has 0 aromatic rings. The summed E-state index contributed by atoms with van der Waals surface area (Å²) in [6, 6.07) is 0. The standard InChI is InChI=1S/C75H146O17P2/c1-9-66(6)52-44-36-28-20-16-14-12-13-15-17-21-33-41-49-57-74(79)91-70(61-85-72(77)55-47-39-31-22-18-19-27-35-43-51-65(4)5)63-89-93(81,82)87-59-69(76)60-88-94(83,84)90-64-71(92-75(80)58-50-42-34-26-24-30-38-46-54-68(8)11-3)62-86-73(78)56-48-40-32-25-23-29-37-45-53-67(7)10-2/h65-71,76H,9-64H2,1-8H3,(H,81,82)(H,83,84)/t66?,67?,68?,69-,70-,71-/m1/s1. The summed E-state index contributed by atoms with van der Waals surface area (Å²) in [7, 11) is -9.91. The fourth-order valence-electron chi connectivity index (χ4n) is 11.3. The predicted octanol–water partition coefficient (Wildman–Crippen LogP) is 21.7. The second-order valence-electron chi connectivity index (χ2n) is 28.2. The van der Waals surface area contributed by atoms with E-state index in [2.05, 4.69) is 55.4 Å². The van der Waals surface area contributed by atoms with Crippen LogP contribution < -0.4 is 0 Å². The van der Waals surface area contributed by atoms with Crippen molar-refractivity contribution in [3.63, 3.8) is 0 Å². The highest BCUT2D eigenvalue weighted by atomic mass is 31.2. The minimum atomic E-state index is -4.96. The molecule has 0 saturated carbocycles. The SMILES string of the molecule is CCC(C)CCCCCCCCCCCCCCCCC(=O)O[C@H](COC(=O)CCCCCCCCCCCC(C)C)COP(=O)(O)OC[C@@H](O)COP(=O)(O)OC[C@@H](COC(=O)CCCCCCCCCCC(C)CC)OC(=O)CCCCCCCCCCC(C)CC. The molecule has 0 rings (SSSR count). The summed E-state index contributed by atoms with van der Waals surface area (Å²) in [6.07, 6.45) is 48.4. The van der Waals surface area contributed by atoms with Crippen LogP contribution in [0.5, 0.6) is 0 Å². The summed E-state index contributed by atoms with van der Waals surface area (Å²) in [4.78, 5) is 72.8. The third kappa shape index (κ3) is 64.7. The highest BCUT2D eigenvalue weighted by molar-refractivity contribution is 7.47. The fourth-order valence-corrected chi connectivity index (χ4v) is 12.9. The molecule has 5 unspecified atom stereocenters. The molecule has 8 atom stereocenters. The number of ether oxygens (including phenoxy) is 4. The summed E-state index contributed by atoms with van der Waals surface area (Å²) in [6.45, 7) is 14.2. The van der Waals surface area contributed by atoms with Crippen LogP contribution in [0.1, 0.15) is 376 Å². The first-order valence-electron chi connectivity index (χ1n) is 38.8. The van der Waals surface area contributed by atoms with Gasteiger partial charge < -0.3 is 33.8 Å². The van der Waals surface area contributed by atoms with E-state index in [1.165, 1.54) is 180 Å². The number of phosphoric acid groups is 2. The Kier molecular flexibility index (Phi) is 63.1. The van der Waals surface area contributed by atoms with Crippen LogP contribution in [0.15, 0.2) is 0 Å². The zero-order chi connectivity index (χ0) is 69.6. The second kappa shape index (κ2) is 64.4. The molecule has 0 bridgehead atoms. The summed E-state index contributed by atoms with van der Waals surface area (Å²) in [5.41, 5.74) is 0. The van der Waals surface area contributed by atoms with E-state index in [1.807, 2.05) is 0 Å². The predicted molar refractivity (Wildman–Crippen MR) is 381 cm³/mol. The Hall–Kier alpha value is -1.94. The van der Waals surface area contributed by atoms with E-state index in [0.717, 1.165) is 114 Å². The number of phosphoric ester groups is 2. The lowest BCUT2D eigenvalue weighted by atomic mass is 9.99. The van der Waals surface area contributed by atoms with Crippen LogP contribution in [-0.4, -0.2) is 96.7 Å². The molecule has 0 amide bonds. The van der Waals surface area contributed by atoms with Gasteiger partial charge in [-0.05, 0) is 49.4 Å². The first-order chi connectivity index (χ1) is 45.2. The van der Waals surface area contributed by atoms with Crippen molar-refractivity contribution >= 4 is 39.5 Å². The Balaban J connectivity index is 5.26. The fraction of sp³-hybridized carbons (Fsp3) is 0.947. The Morgan fingerprint density at radius 3 is 0.755 bits per heavy atom. The highest BCUT2D eigenvalue weighted by Crippen LogP contribution is 2.45. The van der Waals surface area contributed by atoms with E-state index in [4.69, 9.17) is 37.0 Å². The molecule has 0 aliphatic rings. The molecule has 0 spiro atoms. The second-order valence-corrected chi connectivity index (χ2v) is 31.1. The Bertz CT molecular complexity index is 1860. The lowest BCUT2D eigenvalue weighted by Gasteiger charge is -2.21. The largest absolute Gasteiger partial charge is 0.472 e. The molecule has 19 heteroatoms. The maximum absolute atomic E-state index is 13.1. The number of aliphatic hydroxyl groups is 1. The average Bonchev–Trinajstić information content (AvgIpc) is 1.51. The Labute approximate surface area is 575 Å². The van der Waals surface area contributed by atoms with Crippen LogP contribution in [-0.2, 0) is 65.4 Å². The van der Waals surface area contributed by atoms with Crippen molar-refractivity contribution in [1.29, 1.82) is 0 Å². The number of carbonyl (C=O) groups excluding carboxylic acids is 4. The van der Waals surface area contributed by atoms with Gasteiger partial charge in [0.25, 0.3) is 0 Å². The van der Waals surface area contributed by atoms with Crippen LogP contribution >= 0.6 is 15.6 Å². The van der Waals surface area contributed by atoms with Crippen molar-refractivity contribution in [3.05, 3.63) is 0 Å². The zero-order valence-corrected chi connectivity index (χ0v) is 63.4. The van der Waals surface area contributed by atoms with Crippen LogP contribution in [0.3, 0.4) is 0 Å². The van der Waals surface area contributed by atoms with Gasteiger partial charge in [0.05, 0.1) is 26.4 Å². The summed E-state index contributed by atoms with van der Waals surface area (Å²) in [5.74, 6) is 1.01. The van der Waals surface area contributed by atoms with Gasteiger partial charge in [0.2, 0.25) is 0 Å². The van der Waals surface area contributed by atoms with Crippen molar-refractivity contribution in [1.82, 2.24) is 0 Å². The van der Waals surface area contributed by atoms with Gasteiger partial charge in [0.1, 0.15) is 19.3 Å². The van der Waals surface area contributed by atoms with E-state index in [1.54, 1.807) is 0 Å². The summed E-state index contributed by atoms with van der Waals surface area (Å²) in [5, 5.41) is 10.6. The van der Waals surface area contributed by atoms with E-state index >= 15 is 0 Å². The lowest BCUT2D eigenvalue weighted by molar-refractivity contribution is -0.161. The number of carbonyl (C=O) groups is 4. The normalized spacial score (nSPS) is 15.0. The third-order valence-electron chi connectivity index (χ3n) is 18.4. The molecule has 0 aliphatic carbocycles. The summed E-state index contributed by atoms with van der Waals surface area (Å²) >= 11 is 0. The maximum Gasteiger partial charge on any atom is 0.472 e. The molecule has 94 heavy (non-hydrogen) atoms. The number of aliphatic hydroxyl groups excluding tert-OH is 1. The molecule has 0 saturated heterocycles. The lowest BCUT2D eigenvalue weighted by Crippen LogP contribution is -2.30. The van der Waals surface area contributed by atoms with E-state index in [9.17, 15) is 43.2 Å². The highest BCUT2D eigenvalue weighted by Gasteiger charge is 2.30. The van der Waals surface area contributed by atoms with Gasteiger partial charge in [-0.2, -0.15) is 0 Å². The average molecular weight is 1380 g/mol. The molecule has 17 nitrogen and oxygen atoms in total. The van der Waals surface area contributed by atoms with Crippen LogP contribution in [0.2, 0.25) is 0 Å². The first-order valence-corrected chi connectivity index (χ1v) is 41.8. The molecule has 0 radical (unpaired) electrons. The monoisotopic (exact) mass is 1380 g/mol. The van der Waals surface area contributed by atoms with Crippen LogP contribution in [0, 0.1) is 23.7 Å². The first kappa shape index (κ1) is 92.1. The molecule has 0 fully saturated rings. The Morgan fingerprint density at radius 1 is 0.298 bits per heavy atom. The van der Waals surface area contributed by atoms with Crippen molar-refractivity contribution in [2.45, 2.75) is 395 Å². The molecule has 3 N–H and O–H groups in total. The number of hydrogen-bond acceptors (Lipinski definition) is 15. The van der Waals surface area contributed by atoms with Crippen LogP contribution in [0.25, 0.3) is 0 Å². The molecular weight excluding hydrogens is 1230 g/mol. The molecular formula is C75H146O17P2. The molecule has 0 aromatic heterocycles. The molecule has 0 heterocycles. The smallest absolute Gasteiger partial charge is 0.462 e. The van der Waals surface area contributed by atoms with Crippen LogP contribution in [0.4, 0.5) is 0 Å². The minimum absolute atomic E-state index is 0.104. The number of rotatable bonds is 72. The minimum Gasteiger partial charge on any atom is -0.462 e. The topological polar surface area (TPSA) is 237 Å². The van der Waals surface area contributed by atoms with Crippen molar-refractivity contribution < 1.29 is 80.2 Å². The number of hydrogen-bond donors (Lipinski definition) is 3. The van der Waals surface area contributed by atoms with Gasteiger partial charge in [0.15, 0.2) is 12.2 Å². The summed E-state index contributed by atoms with van der Waals surface area (Å²) < 4.78 is 68.5. The quantitative estimate of drug-likeness (QED) is 0.0222. The van der Waals surface area contributed by atoms with Crippen molar-refractivity contribution in [2.75, 3.05) is 39.6 Å². The van der Waals surface area contributed by atoms with Gasteiger partial charge in [-0.25, -0.2) is 9.13 Å². The van der Waals surface area contributed by atoms with Gasteiger partial charge in [-0.15, -0.1) is 0 Å². The molecule has 0 aromatic carbocycles. The number of esters is 4. The Morgan fingerprint density at radius 2 is 0.511 bits per heavy atom. The van der Waals surface area contributed by atoms with Gasteiger partial charge >= 0.3 is 39.5 Å². The third-order valence-corrected chi connectivity index (χ3v) is 20.3. The molecule has 558 valence electrons. The molecule has 0 aliphatic heterocycles. The zero-order valence-electron chi connectivity index (χ0n) is 61.6. The van der Waals surface area contributed by atoms with Gasteiger partial charge in [0, 0.05) is 25.7 Å². The van der Waals surface area contributed by atoms with Gasteiger partial charge in [-0.3, -0.25) is 37.3 Å². The van der Waals surface area contributed by atoms with Crippen molar-refractivity contribution in [2.24, 2.45) is 23.7 Å². The van der Waals surface area contributed by atoms with Crippen molar-refractivity contribution in [3.8, 4) is 0 Å². The number of unbranched alkanes of at least 4 members (excludes halogenated alkanes) is 35. The van der Waals surface area contributed by atoms with E-state index in [0.29, 0.717) is 25.7 Å².